The molecule has 106 valence electrons. The average molecular weight is 274 g/mol. The lowest BCUT2D eigenvalue weighted by Gasteiger charge is -2.31. The summed E-state index contributed by atoms with van der Waals surface area (Å²) in [6.45, 7) is 1.29. The maximum absolute atomic E-state index is 12.1. The van der Waals surface area contributed by atoms with Gasteiger partial charge >= 0.3 is 0 Å². The van der Waals surface area contributed by atoms with Crippen LogP contribution in [0.3, 0.4) is 0 Å². The minimum absolute atomic E-state index is 0.141. The molecule has 0 aromatic carbocycles. The summed E-state index contributed by atoms with van der Waals surface area (Å²) in [5.41, 5.74) is 5.78. The van der Waals surface area contributed by atoms with Gasteiger partial charge in [0.25, 0.3) is 0 Å². The van der Waals surface area contributed by atoms with Crippen LogP contribution in [-0.2, 0) is 10.0 Å². The molecule has 2 rings (SSSR count). The number of hydrogen-bond acceptors (Lipinski definition) is 3. The van der Waals surface area contributed by atoms with Crippen LogP contribution in [0.15, 0.2) is 0 Å². The van der Waals surface area contributed by atoms with Crippen molar-refractivity contribution >= 4 is 10.0 Å². The Kier molecular flexibility index (Phi) is 5.04. The summed E-state index contributed by atoms with van der Waals surface area (Å²) in [5.74, 6) is 0.949. The fourth-order valence-corrected chi connectivity index (χ4v) is 5.04. The molecule has 2 atom stereocenters. The highest BCUT2D eigenvalue weighted by atomic mass is 32.2. The number of rotatable bonds is 5. The maximum atomic E-state index is 12.1. The first-order valence-corrected chi connectivity index (χ1v) is 8.86. The van der Waals surface area contributed by atoms with Gasteiger partial charge in [-0.1, -0.05) is 25.7 Å². The summed E-state index contributed by atoms with van der Waals surface area (Å²) >= 11 is 0. The monoisotopic (exact) mass is 274 g/mol. The van der Waals surface area contributed by atoms with Crippen LogP contribution in [0.1, 0.15) is 51.4 Å². The average Bonchev–Trinajstić information content (AvgIpc) is 2.91. The van der Waals surface area contributed by atoms with Gasteiger partial charge in [-0.3, -0.25) is 0 Å². The van der Waals surface area contributed by atoms with Crippen LogP contribution >= 0.6 is 0 Å². The highest BCUT2D eigenvalue weighted by molar-refractivity contribution is 7.90. The molecule has 2 aliphatic rings. The Balaban J connectivity index is 1.85. The fourth-order valence-electron chi connectivity index (χ4n) is 3.40. The van der Waals surface area contributed by atoms with Crippen LogP contribution < -0.4 is 10.5 Å². The molecular weight excluding hydrogens is 248 g/mol. The first kappa shape index (κ1) is 14.3. The second-order valence-corrected chi connectivity index (χ2v) is 7.89. The molecule has 18 heavy (non-hydrogen) atoms. The van der Waals surface area contributed by atoms with Gasteiger partial charge in [0, 0.05) is 6.54 Å². The summed E-state index contributed by atoms with van der Waals surface area (Å²) in [6.07, 6.45) is 8.52. The van der Waals surface area contributed by atoms with Gasteiger partial charge in [0.05, 0.1) is 5.25 Å². The zero-order valence-electron chi connectivity index (χ0n) is 11.1. The van der Waals surface area contributed by atoms with Crippen LogP contribution in [0, 0.1) is 11.8 Å². The largest absolute Gasteiger partial charge is 0.330 e. The van der Waals surface area contributed by atoms with Gasteiger partial charge in [0.1, 0.15) is 0 Å². The zero-order valence-corrected chi connectivity index (χ0v) is 11.9. The van der Waals surface area contributed by atoms with Crippen LogP contribution in [0.2, 0.25) is 0 Å². The Morgan fingerprint density at radius 1 is 0.944 bits per heavy atom. The Morgan fingerprint density at radius 2 is 1.50 bits per heavy atom. The second kappa shape index (κ2) is 6.35. The Labute approximate surface area is 111 Å². The van der Waals surface area contributed by atoms with E-state index in [0.717, 1.165) is 38.5 Å². The summed E-state index contributed by atoms with van der Waals surface area (Å²) in [7, 11) is -3.08. The number of nitrogens with two attached hydrogens (primary N) is 1. The molecule has 2 saturated carbocycles. The van der Waals surface area contributed by atoms with Crippen molar-refractivity contribution in [3.05, 3.63) is 0 Å². The van der Waals surface area contributed by atoms with E-state index in [4.69, 9.17) is 5.73 Å². The van der Waals surface area contributed by atoms with E-state index >= 15 is 0 Å². The minimum Gasteiger partial charge on any atom is -0.330 e. The molecule has 0 saturated heterocycles. The van der Waals surface area contributed by atoms with E-state index in [1.807, 2.05) is 0 Å². The van der Waals surface area contributed by atoms with Gasteiger partial charge < -0.3 is 5.73 Å². The zero-order chi connectivity index (χ0) is 13.0. The van der Waals surface area contributed by atoms with Crippen molar-refractivity contribution in [2.75, 3.05) is 13.1 Å². The van der Waals surface area contributed by atoms with Crippen molar-refractivity contribution in [2.45, 2.75) is 56.6 Å². The van der Waals surface area contributed by atoms with E-state index in [-0.39, 0.29) is 5.25 Å². The van der Waals surface area contributed by atoms with E-state index in [1.54, 1.807) is 0 Å². The van der Waals surface area contributed by atoms with Crippen molar-refractivity contribution in [2.24, 2.45) is 17.6 Å². The van der Waals surface area contributed by atoms with Crippen molar-refractivity contribution in [1.29, 1.82) is 0 Å². The van der Waals surface area contributed by atoms with Crippen molar-refractivity contribution < 1.29 is 8.42 Å². The summed E-state index contributed by atoms with van der Waals surface area (Å²) in [4.78, 5) is 0. The molecule has 4 nitrogen and oxygen atoms in total. The van der Waals surface area contributed by atoms with Gasteiger partial charge in [-0.05, 0) is 44.1 Å². The Bertz CT molecular complexity index is 350. The smallest absolute Gasteiger partial charge is 0.214 e. The molecule has 0 radical (unpaired) electrons. The van der Waals surface area contributed by atoms with Gasteiger partial charge in [-0.25, -0.2) is 13.1 Å². The lowest BCUT2D eigenvalue weighted by Crippen LogP contribution is -2.40. The highest BCUT2D eigenvalue weighted by Crippen LogP contribution is 2.29. The van der Waals surface area contributed by atoms with E-state index in [0.29, 0.717) is 24.9 Å². The molecule has 3 N–H and O–H groups in total. The topological polar surface area (TPSA) is 72.2 Å². The van der Waals surface area contributed by atoms with Gasteiger partial charge in [0.2, 0.25) is 10.0 Å². The van der Waals surface area contributed by atoms with E-state index < -0.39 is 10.0 Å². The normalized spacial score (nSPS) is 30.7. The Hall–Kier alpha value is -0.130. The minimum atomic E-state index is -3.08. The fraction of sp³-hybridized carbons (Fsp3) is 1.00. The predicted molar refractivity (Wildman–Crippen MR) is 73.7 cm³/mol. The van der Waals surface area contributed by atoms with Crippen LogP contribution in [0.4, 0.5) is 0 Å². The molecule has 0 aromatic heterocycles. The summed E-state index contributed by atoms with van der Waals surface area (Å²) < 4.78 is 27.1. The van der Waals surface area contributed by atoms with E-state index in [1.165, 1.54) is 12.8 Å². The molecular formula is C13H26N2O2S. The molecule has 0 aliphatic heterocycles. The summed E-state index contributed by atoms with van der Waals surface area (Å²) in [5, 5.41) is -0.141. The van der Waals surface area contributed by atoms with E-state index in [2.05, 4.69) is 4.72 Å². The van der Waals surface area contributed by atoms with Gasteiger partial charge in [0.15, 0.2) is 0 Å². The van der Waals surface area contributed by atoms with Crippen molar-refractivity contribution in [3.8, 4) is 0 Å². The number of nitrogens with one attached hydrogen (secondary N) is 1. The molecule has 5 heteroatoms. The first-order chi connectivity index (χ1) is 8.63. The lowest BCUT2D eigenvalue weighted by atomic mass is 9.79. The molecule has 0 amide bonds. The predicted octanol–water partition coefficient (Wildman–Crippen LogP) is 1.61. The molecule has 2 fully saturated rings. The molecule has 2 aliphatic carbocycles. The van der Waals surface area contributed by atoms with Crippen LogP contribution in [0.5, 0.6) is 0 Å². The third-order valence-electron chi connectivity index (χ3n) is 4.66. The van der Waals surface area contributed by atoms with Crippen molar-refractivity contribution in [3.63, 3.8) is 0 Å². The molecule has 2 unspecified atom stereocenters. The second-order valence-electron chi connectivity index (χ2n) is 5.84. The van der Waals surface area contributed by atoms with Crippen LogP contribution in [0.25, 0.3) is 0 Å². The highest BCUT2D eigenvalue weighted by Gasteiger charge is 2.30. The maximum Gasteiger partial charge on any atom is 0.214 e. The lowest BCUT2D eigenvalue weighted by molar-refractivity contribution is 0.244. The quantitative estimate of drug-likeness (QED) is 0.800. The number of hydrogen-bond donors (Lipinski definition) is 2. The van der Waals surface area contributed by atoms with Crippen LogP contribution in [-0.4, -0.2) is 26.8 Å². The number of sulfonamides is 1. The Morgan fingerprint density at radius 3 is 2.11 bits per heavy atom. The standard InChI is InChI=1S/C13H26N2O2S/c14-9-11-5-1-2-6-12(11)10-15-18(16,17)13-7-3-4-8-13/h11-13,15H,1-10,14H2. The first-order valence-electron chi connectivity index (χ1n) is 7.32. The van der Waals surface area contributed by atoms with Gasteiger partial charge in [-0.2, -0.15) is 0 Å². The molecule has 0 spiro atoms. The molecule has 0 bridgehead atoms. The van der Waals surface area contributed by atoms with E-state index in [9.17, 15) is 8.42 Å². The SMILES string of the molecule is NCC1CCCCC1CNS(=O)(=O)C1CCCC1. The summed E-state index contributed by atoms with van der Waals surface area (Å²) in [6, 6.07) is 0. The third-order valence-corrected chi connectivity index (χ3v) is 6.58. The van der Waals surface area contributed by atoms with Gasteiger partial charge in [-0.15, -0.1) is 0 Å². The van der Waals surface area contributed by atoms with Crippen molar-refractivity contribution in [1.82, 2.24) is 4.72 Å². The molecule has 0 aromatic rings. The molecule has 0 heterocycles. The third kappa shape index (κ3) is 3.45.